The predicted octanol–water partition coefficient (Wildman–Crippen LogP) is 0.720. The number of nitrogens with one attached hydrogen (secondary N) is 1. The van der Waals surface area contributed by atoms with Gasteiger partial charge in [0.15, 0.2) is 5.82 Å². The molecule has 13 heavy (non-hydrogen) atoms. The summed E-state index contributed by atoms with van der Waals surface area (Å²) in [6.45, 7) is 0. The average molecular weight is 197 g/mol. The van der Waals surface area contributed by atoms with E-state index < -0.39 is 0 Å². The van der Waals surface area contributed by atoms with Gasteiger partial charge < -0.3 is 0 Å². The van der Waals surface area contributed by atoms with Crippen molar-refractivity contribution in [3.05, 3.63) is 6.20 Å². The van der Waals surface area contributed by atoms with Gasteiger partial charge in [-0.05, 0) is 12.2 Å². The quantitative estimate of drug-likeness (QED) is 0.710. The molecule has 0 saturated carbocycles. The van der Waals surface area contributed by atoms with Gasteiger partial charge in [0.05, 0.1) is 6.20 Å². The third kappa shape index (κ3) is 2.00. The number of hydrazone groups is 1. The molecule has 2 rings (SSSR count). The molecule has 0 unspecified atom stereocenters. The van der Waals surface area contributed by atoms with Gasteiger partial charge in [0.2, 0.25) is 0 Å². The number of rotatable bonds is 2. The summed E-state index contributed by atoms with van der Waals surface area (Å²) < 4.78 is 1.66. The van der Waals surface area contributed by atoms with Crippen molar-refractivity contribution in [3.8, 4) is 0 Å². The van der Waals surface area contributed by atoms with Gasteiger partial charge >= 0.3 is 0 Å². The van der Waals surface area contributed by atoms with Crippen LogP contribution >= 0.6 is 11.8 Å². The summed E-state index contributed by atoms with van der Waals surface area (Å²) in [6, 6.07) is 0. The molecular formula is C7H11N5S. The summed E-state index contributed by atoms with van der Waals surface area (Å²) in [4.78, 5) is 0. The lowest BCUT2D eigenvalue weighted by Crippen LogP contribution is -2.03. The van der Waals surface area contributed by atoms with Crippen LogP contribution in [0.25, 0.3) is 0 Å². The number of thioether (sulfide) groups is 1. The van der Waals surface area contributed by atoms with Crippen LogP contribution in [0.1, 0.15) is 6.42 Å². The van der Waals surface area contributed by atoms with Crippen molar-refractivity contribution in [1.82, 2.24) is 15.0 Å². The Morgan fingerprint density at radius 3 is 3.23 bits per heavy atom. The topological polar surface area (TPSA) is 55.1 Å². The van der Waals surface area contributed by atoms with E-state index >= 15 is 0 Å². The van der Waals surface area contributed by atoms with E-state index in [2.05, 4.69) is 20.8 Å². The van der Waals surface area contributed by atoms with Gasteiger partial charge in [-0.2, -0.15) is 16.9 Å². The van der Waals surface area contributed by atoms with Crippen LogP contribution in [-0.4, -0.2) is 32.2 Å². The molecule has 1 aromatic heterocycles. The molecule has 1 fully saturated rings. The van der Waals surface area contributed by atoms with Crippen molar-refractivity contribution in [2.45, 2.75) is 6.42 Å². The summed E-state index contributed by atoms with van der Waals surface area (Å²) in [5.41, 5.74) is 4.16. The molecule has 0 aliphatic carbocycles. The van der Waals surface area contributed by atoms with E-state index in [1.807, 2.05) is 18.8 Å². The van der Waals surface area contributed by atoms with E-state index in [0.29, 0.717) is 0 Å². The Morgan fingerprint density at radius 1 is 1.69 bits per heavy atom. The van der Waals surface area contributed by atoms with Crippen molar-refractivity contribution in [2.24, 2.45) is 12.1 Å². The normalized spacial score (nSPS) is 19.6. The zero-order valence-electron chi connectivity index (χ0n) is 7.40. The molecule has 1 aliphatic rings. The summed E-state index contributed by atoms with van der Waals surface area (Å²) in [6.07, 6.45) is 2.75. The Morgan fingerprint density at radius 2 is 2.62 bits per heavy atom. The first kappa shape index (κ1) is 8.55. The molecule has 1 aromatic rings. The minimum atomic E-state index is 0.824. The van der Waals surface area contributed by atoms with Gasteiger partial charge in [0.1, 0.15) is 0 Å². The van der Waals surface area contributed by atoms with Gasteiger partial charge in [0, 0.05) is 18.5 Å². The van der Waals surface area contributed by atoms with Crippen molar-refractivity contribution < 1.29 is 0 Å². The van der Waals surface area contributed by atoms with Crippen LogP contribution in [-0.2, 0) is 7.05 Å². The van der Waals surface area contributed by atoms with E-state index in [1.165, 1.54) is 11.5 Å². The van der Waals surface area contributed by atoms with Gasteiger partial charge in [0.25, 0.3) is 0 Å². The standard InChI is InChI=1S/C7H11N5S/c1-12-7(4-8-11-12)10-9-6-2-3-13-5-6/h4,10H,2-3,5H2,1H3/b9-6-. The second-order valence-corrected chi connectivity index (χ2v) is 3.94. The van der Waals surface area contributed by atoms with E-state index in [0.717, 1.165) is 18.0 Å². The molecule has 1 N–H and O–H groups in total. The Hall–Kier alpha value is -1.04. The molecule has 0 amide bonds. The fraction of sp³-hybridized carbons (Fsp3) is 0.571. The van der Waals surface area contributed by atoms with Crippen LogP contribution in [0.2, 0.25) is 0 Å². The molecule has 0 aromatic carbocycles. The van der Waals surface area contributed by atoms with Gasteiger partial charge in [-0.3, -0.25) is 5.43 Å². The minimum absolute atomic E-state index is 0.824. The number of hydrogen-bond donors (Lipinski definition) is 1. The van der Waals surface area contributed by atoms with Crippen molar-refractivity contribution in [1.29, 1.82) is 0 Å². The Bertz CT molecular complexity index is 310. The third-order valence-electron chi connectivity index (χ3n) is 1.85. The fourth-order valence-corrected chi connectivity index (χ4v) is 2.04. The molecule has 0 bridgehead atoms. The molecular weight excluding hydrogens is 186 g/mol. The Balaban J connectivity index is 1.99. The van der Waals surface area contributed by atoms with E-state index in [4.69, 9.17) is 0 Å². The Kier molecular flexibility index (Phi) is 2.49. The first-order valence-electron chi connectivity index (χ1n) is 4.10. The van der Waals surface area contributed by atoms with E-state index in [1.54, 1.807) is 10.9 Å². The monoisotopic (exact) mass is 197 g/mol. The van der Waals surface area contributed by atoms with Crippen molar-refractivity contribution >= 4 is 23.3 Å². The molecule has 0 atom stereocenters. The van der Waals surface area contributed by atoms with Crippen molar-refractivity contribution in [2.75, 3.05) is 16.9 Å². The highest BCUT2D eigenvalue weighted by atomic mass is 32.2. The van der Waals surface area contributed by atoms with Crippen LogP contribution in [0.3, 0.4) is 0 Å². The third-order valence-corrected chi connectivity index (χ3v) is 2.88. The number of nitrogens with zero attached hydrogens (tertiary/aromatic N) is 4. The maximum Gasteiger partial charge on any atom is 0.164 e. The summed E-state index contributed by atoms with van der Waals surface area (Å²) in [5.74, 6) is 3.05. The average Bonchev–Trinajstić information content (AvgIpc) is 2.72. The van der Waals surface area contributed by atoms with Crippen LogP contribution in [0.4, 0.5) is 5.82 Å². The SMILES string of the molecule is Cn1nncc1N/N=C1/CCSC1. The summed E-state index contributed by atoms with van der Waals surface area (Å²) in [7, 11) is 1.83. The number of aromatic nitrogens is 3. The molecule has 70 valence electrons. The minimum Gasteiger partial charge on any atom is -0.260 e. The zero-order valence-corrected chi connectivity index (χ0v) is 8.21. The van der Waals surface area contributed by atoms with Crippen LogP contribution in [0, 0.1) is 0 Å². The maximum absolute atomic E-state index is 4.27. The maximum atomic E-state index is 4.27. The van der Waals surface area contributed by atoms with Crippen LogP contribution in [0.5, 0.6) is 0 Å². The summed E-state index contributed by atoms with van der Waals surface area (Å²) in [5, 5.41) is 11.8. The molecule has 2 heterocycles. The number of anilines is 1. The fourth-order valence-electron chi connectivity index (χ4n) is 1.07. The highest BCUT2D eigenvalue weighted by Crippen LogP contribution is 2.14. The second-order valence-electron chi connectivity index (χ2n) is 2.84. The van der Waals surface area contributed by atoms with Gasteiger partial charge in [-0.15, -0.1) is 5.10 Å². The zero-order chi connectivity index (χ0) is 9.10. The van der Waals surface area contributed by atoms with Gasteiger partial charge in [-0.25, -0.2) is 4.68 Å². The van der Waals surface area contributed by atoms with Crippen LogP contribution in [0.15, 0.2) is 11.3 Å². The molecule has 1 aliphatic heterocycles. The number of aryl methyl sites for hydroxylation is 1. The lowest BCUT2D eigenvalue weighted by Gasteiger charge is -1.99. The molecule has 0 spiro atoms. The highest BCUT2D eigenvalue weighted by molar-refractivity contribution is 8.00. The van der Waals surface area contributed by atoms with E-state index in [-0.39, 0.29) is 0 Å². The molecule has 5 nitrogen and oxygen atoms in total. The largest absolute Gasteiger partial charge is 0.260 e. The first-order valence-corrected chi connectivity index (χ1v) is 5.25. The Labute approximate surface area is 80.6 Å². The smallest absolute Gasteiger partial charge is 0.164 e. The lowest BCUT2D eigenvalue weighted by molar-refractivity contribution is 0.718. The molecule has 6 heteroatoms. The molecule has 0 radical (unpaired) electrons. The molecule has 1 saturated heterocycles. The predicted molar refractivity (Wildman–Crippen MR) is 54.0 cm³/mol. The van der Waals surface area contributed by atoms with Crippen LogP contribution < -0.4 is 5.43 Å². The van der Waals surface area contributed by atoms with Crippen molar-refractivity contribution in [3.63, 3.8) is 0 Å². The summed E-state index contributed by atoms with van der Waals surface area (Å²) >= 11 is 1.91. The highest BCUT2D eigenvalue weighted by Gasteiger charge is 2.08. The van der Waals surface area contributed by atoms with E-state index in [9.17, 15) is 0 Å². The number of hydrogen-bond acceptors (Lipinski definition) is 5. The lowest BCUT2D eigenvalue weighted by atomic mass is 10.3. The second kappa shape index (κ2) is 3.78. The first-order chi connectivity index (χ1) is 6.36. The van der Waals surface area contributed by atoms with Gasteiger partial charge in [-0.1, -0.05) is 5.21 Å².